The summed E-state index contributed by atoms with van der Waals surface area (Å²) >= 11 is 0. The maximum atomic E-state index is 5.58. The minimum Gasteiger partial charge on any atom is -0.494 e. The highest BCUT2D eigenvalue weighted by atomic mass is 16.5. The zero-order valence-corrected chi connectivity index (χ0v) is 19.9. The third-order valence-electron chi connectivity index (χ3n) is 7.36. The molecular weight excluding hydrogens is 418 g/mol. The molecule has 0 bridgehead atoms. The normalized spacial score (nSPS) is 18.5. The molecule has 3 N–H and O–H groups in total. The number of rotatable bonds is 5. The van der Waals surface area contributed by atoms with E-state index in [2.05, 4.69) is 77.7 Å². The molecule has 1 fully saturated rings. The number of nitrogens with one attached hydrogen (secondary N) is 3. The molecule has 0 spiro atoms. The zero-order valence-electron chi connectivity index (χ0n) is 19.9. The molecule has 0 radical (unpaired) electrons. The predicted octanol–water partition coefficient (Wildman–Crippen LogP) is 5.77. The van der Waals surface area contributed by atoms with E-state index in [1.165, 1.54) is 59.0 Å². The van der Waals surface area contributed by atoms with Crippen LogP contribution in [0.3, 0.4) is 0 Å². The molecule has 3 heterocycles. The van der Waals surface area contributed by atoms with Gasteiger partial charge >= 0.3 is 0 Å². The largest absolute Gasteiger partial charge is 0.494 e. The average Bonchev–Trinajstić information content (AvgIpc) is 3.48. The summed E-state index contributed by atoms with van der Waals surface area (Å²) in [5.41, 5.74) is 8.52. The smallest absolute Gasteiger partial charge is 0.119 e. The van der Waals surface area contributed by atoms with Crippen molar-refractivity contribution in [3.63, 3.8) is 0 Å². The Bertz CT molecular complexity index is 1440. The lowest BCUT2D eigenvalue weighted by Gasteiger charge is -2.26. The number of piperidine rings is 1. The number of H-pyrrole nitrogens is 2. The minimum absolute atomic E-state index is 0.683. The SMILES string of the molecule is CCOc1ccc(-c2cc3cc(-c4cc5cc(C6CC[NH+](C)CC6)ccc5[nH]4)ccc3[nH]2)cc1. The molecule has 34 heavy (non-hydrogen) atoms. The monoisotopic (exact) mass is 450 g/mol. The third-order valence-corrected chi connectivity index (χ3v) is 7.36. The lowest BCUT2D eigenvalue weighted by Crippen LogP contribution is -3.10. The second-order valence-electron chi connectivity index (χ2n) is 9.70. The van der Waals surface area contributed by atoms with Crippen molar-refractivity contribution in [3.05, 3.63) is 78.4 Å². The maximum absolute atomic E-state index is 5.58. The first kappa shape index (κ1) is 21.1. The molecule has 3 aromatic carbocycles. The summed E-state index contributed by atoms with van der Waals surface area (Å²) in [4.78, 5) is 8.86. The molecule has 4 heteroatoms. The fourth-order valence-corrected chi connectivity index (χ4v) is 5.36. The summed E-state index contributed by atoms with van der Waals surface area (Å²) in [5.74, 6) is 1.60. The van der Waals surface area contributed by atoms with Gasteiger partial charge in [-0.25, -0.2) is 0 Å². The van der Waals surface area contributed by atoms with Gasteiger partial charge in [-0.2, -0.15) is 0 Å². The van der Waals surface area contributed by atoms with E-state index in [-0.39, 0.29) is 0 Å². The maximum Gasteiger partial charge on any atom is 0.119 e. The van der Waals surface area contributed by atoms with Gasteiger partial charge in [0.2, 0.25) is 0 Å². The summed E-state index contributed by atoms with van der Waals surface area (Å²) in [7, 11) is 2.31. The number of aromatic nitrogens is 2. The Kier molecular flexibility index (Phi) is 5.39. The topological polar surface area (TPSA) is 45.2 Å². The molecule has 0 atom stereocenters. The van der Waals surface area contributed by atoms with Gasteiger partial charge in [-0.1, -0.05) is 12.1 Å². The predicted molar refractivity (Wildman–Crippen MR) is 141 cm³/mol. The van der Waals surface area contributed by atoms with E-state index < -0.39 is 0 Å². The van der Waals surface area contributed by atoms with Gasteiger partial charge < -0.3 is 19.6 Å². The third kappa shape index (κ3) is 3.99. The van der Waals surface area contributed by atoms with E-state index in [4.69, 9.17) is 4.74 Å². The van der Waals surface area contributed by atoms with Crippen LogP contribution in [-0.4, -0.2) is 36.7 Å². The Labute approximate surface area is 200 Å². The number of aromatic amines is 2. The molecule has 5 aromatic rings. The van der Waals surface area contributed by atoms with E-state index in [1.807, 2.05) is 19.1 Å². The van der Waals surface area contributed by atoms with Crippen molar-refractivity contribution in [1.29, 1.82) is 0 Å². The lowest BCUT2D eigenvalue weighted by atomic mass is 9.89. The molecule has 2 aromatic heterocycles. The van der Waals surface area contributed by atoms with Gasteiger partial charge in [-0.15, -0.1) is 0 Å². The first-order valence-corrected chi connectivity index (χ1v) is 12.5. The fourth-order valence-electron chi connectivity index (χ4n) is 5.36. The number of hydrogen-bond donors (Lipinski definition) is 3. The van der Waals surface area contributed by atoms with Crippen molar-refractivity contribution < 1.29 is 9.64 Å². The van der Waals surface area contributed by atoms with E-state index in [1.54, 1.807) is 4.90 Å². The average molecular weight is 451 g/mol. The molecule has 0 saturated carbocycles. The number of likely N-dealkylation sites (tertiary alicyclic amines) is 1. The molecule has 1 saturated heterocycles. The molecule has 1 aliphatic heterocycles. The van der Waals surface area contributed by atoms with Crippen LogP contribution in [0.2, 0.25) is 0 Å². The van der Waals surface area contributed by atoms with Crippen LogP contribution in [0.5, 0.6) is 5.75 Å². The fraction of sp³-hybridized carbons (Fsp3) is 0.267. The molecule has 6 rings (SSSR count). The zero-order chi connectivity index (χ0) is 23.1. The van der Waals surface area contributed by atoms with E-state index in [0.29, 0.717) is 12.5 Å². The van der Waals surface area contributed by atoms with Crippen LogP contribution in [0.1, 0.15) is 31.2 Å². The van der Waals surface area contributed by atoms with Gasteiger partial charge in [-0.05, 0) is 90.2 Å². The second kappa shape index (κ2) is 8.69. The van der Waals surface area contributed by atoms with E-state index >= 15 is 0 Å². The van der Waals surface area contributed by atoms with E-state index in [0.717, 1.165) is 22.5 Å². The Morgan fingerprint density at radius 2 is 1.38 bits per heavy atom. The second-order valence-corrected chi connectivity index (χ2v) is 9.70. The standard InChI is InChI=1S/C30H31N3O/c1-3-34-26-8-4-21(5-9-26)29-18-25-17-23(7-11-28(25)31-29)30-19-24-16-22(6-10-27(24)32-30)20-12-14-33(2)15-13-20/h4-11,16-20,31-32H,3,12-15H2,1-2H3/p+1. The van der Waals surface area contributed by atoms with Gasteiger partial charge in [0.1, 0.15) is 5.75 Å². The Morgan fingerprint density at radius 1 is 0.765 bits per heavy atom. The molecule has 172 valence electrons. The number of ether oxygens (including phenoxy) is 1. The summed E-state index contributed by atoms with van der Waals surface area (Å²) in [6, 6.07) is 26.5. The quantitative estimate of drug-likeness (QED) is 0.313. The van der Waals surface area contributed by atoms with Crippen LogP contribution in [0.15, 0.2) is 72.8 Å². The van der Waals surface area contributed by atoms with Crippen molar-refractivity contribution in [3.8, 4) is 28.3 Å². The number of benzene rings is 3. The van der Waals surface area contributed by atoms with Crippen LogP contribution in [0.4, 0.5) is 0 Å². The summed E-state index contributed by atoms with van der Waals surface area (Å²) in [6.07, 6.45) is 2.57. The molecule has 0 aliphatic carbocycles. The highest BCUT2D eigenvalue weighted by Crippen LogP contribution is 2.32. The van der Waals surface area contributed by atoms with Gasteiger partial charge in [0.15, 0.2) is 0 Å². The van der Waals surface area contributed by atoms with Crippen LogP contribution < -0.4 is 9.64 Å². The number of quaternary nitrogens is 1. The number of hydrogen-bond acceptors (Lipinski definition) is 1. The van der Waals surface area contributed by atoms with Gasteiger partial charge in [-0.3, -0.25) is 0 Å². The summed E-state index contributed by atoms with van der Waals surface area (Å²) in [5, 5.41) is 2.53. The Hall–Kier alpha value is -3.50. The Balaban J connectivity index is 1.28. The first-order chi connectivity index (χ1) is 16.7. The van der Waals surface area contributed by atoms with Gasteiger partial charge in [0.05, 0.1) is 26.7 Å². The van der Waals surface area contributed by atoms with Crippen molar-refractivity contribution >= 4 is 21.8 Å². The minimum atomic E-state index is 0.683. The van der Waals surface area contributed by atoms with Crippen molar-refractivity contribution in [1.82, 2.24) is 9.97 Å². The van der Waals surface area contributed by atoms with Crippen LogP contribution in [0.25, 0.3) is 44.3 Å². The summed E-state index contributed by atoms with van der Waals surface area (Å²) < 4.78 is 5.58. The van der Waals surface area contributed by atoms with E-state index in [9.17, 15) is 0 Å². The van der Waals surface area contributed by atoms with Gasteiger partial charge in [0.25, 0.3) is 0 Å². The van der Waals surface area contributed by atoms with Crippen LogP contribution in [-0.2, 0) is 0 Å². The summed E-state index contributed by atoms with van der Waals surface area (Å²) in [6.45, 7) is 5.24. The highest BCUT2D eigenvalue weighted by molar-refractivity contribution is 5.92. The Morgan fingerprint density at radius 3 is 2.09 bits per heavy atom. The molecule has 0 amide bonds. The molecule has 4 nitrogen and oxygen atoms in total. The van der Waals surface area contributed by atoms with Crippen LogP contribution >= 0.6 is 0 Å². The highest BCUT2D eigenvalue weighted by Gasteiger charge is 2.21. The van der Waals surface area contributed by atoms with Crippen molar-refractivity contribution in [2.75, 3.05) is 26.7 Å². The van der Waals surface area contributed by atoms with Crippen LogP contribution in [0, 0.1) is 0 Å². The van der Waals surface area contributed by atoms with Crippen molar-refractivity contribution in [2.45, 2.75) is 25.7 Å². The van der Waals surface area contributed by atoms with Crippen molar-refractivity contribution in [2.24, 2.45) is 0 Å². The first-order valence-electron chi connectivity index (χ1n) is 12.5. The van der Waals surface area contributed by atoms with Gasteiger partial charge in [0, 0.05) is 46.0 Å². The molecule has 1 aliphatic rings. The number of fused-ring (bicyclic) bond motifs is 2. The molecule has 0 unspecified atom stereocenters. The molecular formula is C30H32N3O+. The lowest BCUT2D eigenvalue weighted by molar-refractivity contribution is -0.885.